The van der Waals surface area contributed by atoms with Crippen molar-refractivity contribution in [1.29, 1.82) is 0 Å². The van der Waals surface area contributed by atoms with Crippen molar-refractivity contribution < 1.29 is 14.4 Å². The average Bonchev–Trinajstić information content (AvgIpc) is 2.55. The molecule has 0 aromatic heterocycles. The van der Waals surface area contributed by atoms with Crippen LogP contribution >= 0.6 is 0 Å². The number of urea groups is 1. The molecular weight excluding hydrogens is 296 g/mol. The van der Waals surface area contributed by atoms with Crippen LogP contribution in [0.15, 0.2) is 24.3 Å². The lowest BCUT2D eigenvalue weighted by Crippen LogP contribution is -2.37. The third-order valence-corrected chi connectivity index (χ3v) is 3.84. The highest BCUT2D eigenvalue weighted by Gasteiger charge is 2.21. The molecule has 1 saturated carbocycles. The zero-order chi connectivity index (χ0) is 16.7. The van der Waals surface area contributed by atoms with Gasteiger partial charge in [0.05, 0.1) is 6.54 Å². The largest absolute Gasteiger partial charge is 0.351 e. The number of anilines is 2. The Balaban J connectivity index is 1.75. The zero-order valence-corrected chi connectivity index (χ0v) is 12.9. The van der Waals surface area contributed by atoms with Gasteiger partial charge in [-0.15, -0.1) is 0 Å². The Morgan fingerprint density at radius 1 is 0.957 bits per heavy atom. The predicted octanol–water partition coefficient (Wildman–Crippen LogP) is 1.81. The van der Waals surface area contributed by atoms with Crippen LogP contribution in [0.5, 0.6) is 0 Å². The molecule has 0 atom stereocenters. The Labute approximate surface area is 135 Å². The van der Waals surface area contributed by atoms with Crippen molar-refractivity contribution in [2.24, 2.45) is 11.7 Å². The van der Waals surface area contributed by atoms with Crippen LogP contribution in [0.4, 0.5) is 16.2 Å². The van der Waals surface area contributed by atoms with Gasteiger partial charge in [-0.05, 0) is 37.1 Å². The first-order valence-corrected chi connectivity index (χ1v) is 7.78. The van der Waals surface area contributed by atoms with Crippen LogP contribution in [0, 0.1) is 5.92 Å². The molecule has 2 rings (SSSR count). The summed E-state index contributed by atoms with van der Waals surface area (Å²) in [4.78, 5) is 34.5. The van der Waals surface area contributed by atoms with Crippen molar-refractivity contribution in [1.82, 2.24) is 5.32 Å². The topological polar surface area (TPSA) is 113 Å². The molecule has 1 aromatic rings. The van der Waals surface area contributed by atoms with Crippen molar-refractivity contribution in [2.75, 3.05) is 17.2 Å². The number of rotatable bonds is 5. The molecule has 5 N–H and O–H groups in total. The number of nitrogens with one attached hydrogen (secondary N) is 3. The monoisotopic (exact) mass is 318 g/mol. The first kappa shape index (κ1) is 16.8. The molecule has 0 radical (unpaired) electrons. The Hall–Kier alpha value is -2.57. The Morgan fingerprint density at radius 3 is 2.09 bits per heavy atom. The standard InChI is InChI=1S/C16H22N4O3/c17-16(23)20-13-8-6-12(7-9-13)19-14(21)10-18-15(22)11-4-2-1-3-5-11/h6-9,11H,1-5,10H2,(H,18,22)(H,19,21)(H3,17,20,23). The number of hydrogen-bond acceptors (Lipinski definition) is 3. The van der Waals surface area contributed by atoms with Gasteiger partial charge in [0, 0.05) is 17.3 Å². The summed E-state index contributed by atoms with van der Waals surface area (Å²) >= 11 is 0. The molecule has 0 unspecified atom stereocenters. The van der Waals surface area contributed by atoms with Gasteiger partial charge >= 0.3 is 6.03 Å². The van der Waals surface area contributed by atoms with Gasteiger partial charge < -0.3 is 21.7 Å². The SMILES string of the molecule is NC(=O)Nc1ccc(NC(=O)CNC(=O)C2CCCCC2)cc1. The summed E-state index contributed by atoms with van der Waals surface area (Å²) in [7, 11) is 0. The van der Waals surface area contributed by atoms with E-state index in [1.807, 2.05) is 0 Å². The molecule has 4 amide bonds. The third kappa shape index (κ3) is 5.61. The Kier molecular flexibility index (Phi) is 5.96. The van der Waals surface area contributed by atoms with Gasteiger partial charge in [-0.25, -0.2) is 4.79 Å². The summed E-state index contributed by atoms with van der Waals surface area (Å²) in [5.41, 5.74) is 6.14. The number of benzene rings is 1. The molecule has 124 valence electrons. The van der Waals surface area contributed by atoms with Gasteiger partial charge in [0.1, 0.15) is 0 Å². The highest BCUT2D eigenvalue weighted by molar-refractivity contribution is 5.95. The summed E-state index contributed by atoms with van der Waals surface area (Å²) in [5.74, 6) is -0.290. The van der Waals surface area contributed by atoms with Crippen molar-refractivity contribution in [3.05, 3.63) is 24.3 Å². The van der Waals surface area contributed by atoms with Gasteiger partial charge in [-0.3, -0.25) is 9.59 Å². The summed E-state index contributed by atoms with van der Waals surface area (Å²) in [5, 5.41) is 7.80. The minimum Gasteiger partial charge on any atom is -0.351 e. The molecule has 1 aliphatic carbocycles. The quantitative estimate of drug-likeness (QED) is 0.664. The van der Waals surface area contributed by atoms with Gasteiger partial charge in [0.25, 0.3) is 0 Å². The lowest BCUT2D eigenvalue weighted by molar-refractivity contribution is -0.128. The Bertz CT molecular complexity index is 565. The van der Waals surface area contributed by atoms with Gasteiger partial charge in [-0.2, -0.15) is 0 Å². The van der Waals surface area contributed by atoms with Crippen LogP contribution in [0.1, 0.15) is 32.1 Å². The van der Waals surface area contributed by atoms with E-state index in [9.17, 15) is 14.4 Å². The second-order valence-electron chi connectivity index (χ2n) is 5.67. The lowest BCUT2D eigenvalue weighted by Gasteiger charge is -2.20. The zero-order valence-electron chi connectivity index (χ0n) is 12.9. The fourth-order valence-electron chi connectivity index (χ4n) is 2.66. The molecule has 0 saturated heterocycles. The molecule has 0 bridgehead atoms. The van der Waals surface area contributed by atoms with Crippen molar-refractivity contribution >= 4 is 29.2 Å². The van der Waals surface area contributed by atoms with Gasteiger partial charge in [0.15, 0.2) is 0 Å². The molecule has 7 nitrogen and oxygen atoms in total. The molecule has 1 aliphatic rings. The van der Waals surface area contributed by atoms with Gasteiger partial charge in [-0.1, -0.05) is 19.3 Å². The van der Waals surface area contributed by atoms with Crippen LogP contribution in [0.3, 0.4) is 0 Å². The summed E-state index contributed by atoms with van der Waals surface area (Å²) in [6.07, 6.45) is 5.15. The van der Waals surface area contributed by atoms with E-state index >= 15 is 0 Å². The normalized spacial score (nSPS) is 14.8. The fraction of sp³-hybridized carbons (Fsp3) is 0.438. The molecule has 0 spiro atoms. The highest BCUT2D eigenvalue weighted by atomic mass is 16.2. The lowest BCUT2D eigenvalue weighted by atomic mass is 9.89. The molecule has 23 heavy (non-hydrogen) atoms. The van der Waals surface area contributed by atoms with E-state index < -0.39 is 6.03 Å². The van der Waals surface area contributed by atoms with Crippen molar-refractivity contribution in [3.63, 3.8) is 0 Å². The minimum absolute atomic E-state index is 0.0377. The maximum Gasteiger partial charge on any atom is 0.316 e. The maximum atomic E-state index is 12.0. The van der Waals surface area contributed by atoms with Crippen LogP contribution in [0.2, 0.25) is 0 Å². The summed E-state index contributed by atoms with van der Waals surface area (Å²) < 4.78 is 0. The number of primary amides is 1. The number of amides is 4. The number of hydrogen-bond donors (Lipinski definition) is 4. The second-order valence-corrected chi connectivity index (χ2v) is 5.67. The van der Waals surface area contributed by atoms with E-state index in [1.54, 1.807) is 24.3 Å². The predicted molar refractivity (Wildman–Crippen MR) is 87.9 cm³/mol. The summed E-state index contributed by atoms with van der Waals surface area (Å²) in [6, 6.07) is 5.90. The molecule has 0 heterocycles. The van der Waals surface area contributed by atoms with Crippen LogP contribution < -0.4 is 21.7 Å². The first-order valence-electron chi connectivity index (χ1n) is 7.78. The Morgan fingerprint density at radius 2 is 1.52 bits per heavy atom. The molecule has 1 fully saturated rings. The highest BCUT2D eigenvalue weighted by Crippen LogP contribution is 2.23. The smallest absolute Gasteiger partial charge is 0.316 e. The van der Waals surface area contributed by atoms with E-state index in [2.05, 4.69) is 16.0 Å². The van der Waals surface area contributed by atoms with Crippen LogP contribution in [0.25, 0.3) is 0 Å². The van der Waals surface area contributed by atoms with E-state index in [4.69, 9.17) is 5.73 Å². The van der Waals surface area contributed by atoms with Crippen molar-refractivity contribution in [2.45, 2.75) is 32.1 Å². The van der Waals surface area contributed by atoms with Crippen LogP contribution in [-0.2, 0) is 9.59 Å². The summed E-state index contributed by atoms with van der Waals surface area (Å²) in [6.45, 7) is -0.0450. The van der Waals surface area contributed by atoms with Crippen molar-refractivity contribution in [3.8, 4) is 0 Å². The minimum atomic E-state index is -0.646. The molecule has 7 heteroatoms. The number of carbonyl (C=O) groups excluding carboxylic acids is 3. The fourth-order valence-corrected chi connectivity index (χ4v) is 2.66. The van der Waals surface area contributed by atoms with E-state index in [0.717, 1.165) is 25.7 Å². The molecule has 1 aromatic carbocycles. The number of nitrogens with two attached hydrogens (primary N) is 1. The first-order chi connectivity index (χ1) is 11.0. The average molecular weight is 318 g/mol. The van der Waals surface area contributed by atoms with E-state index in [0.29, 0.717) is 11.4 Å². The van der Waals surface area contributed by atoms with E-state index in [-0.39, 0.29) is 24.3 Å². The maximum absolute atomic E-state index is 12.0. The van der Waals surface area contributed by atoms with E-state index in [1.165, 1.54) is 6.42 Å². The molecular formula is C16H22N4O3. The van der Waals surface area contributed by atoms with Crippen LogP contribution in [-0.4, -0.2) is 24.4 Å². The third-order valence-electron chi connectivity index (χ3n) is 3.84. The van der Waals surface area contributed by atoms with Gasteiger partial charge in [0.2, 0.25) is 11.8 Å². The molecule has 0 aliphatic heterocycles. The second kappa shape index (κ2) is 8.17. The number of carbonyl (C=O) groups is 3.